The summed E-state index contributed by atoms with van der Waals surface area (Å²) in [5, 5.41) is 7.73. The Bertz CT molecular complexity index is 1430. The van der Waals surface area contributed by atoms with E-state index in [1.165, 1.54) is 35.2 Å². The van der Waals surface area contributed by atoms with Crippen molar-refractivity contribution in [2.75, 3.05) is 37.3 Å². The van der Waals surface area contributed by atoms with Crippen molar-refractivity contribution in [1.29, 1.82) is 0 Å². The topological polar surface area (TPSA) is 129 Å². The van der Waals surface area contributed by atoms with Crippen molar-refractivity contribution in [2.24, 2.45) is 0 Å². The molecule has 3 aromatic rings. The molecular weight excluding hydrogens is 447 g/mol. The van der Waals surface area contributed by atoms with Crippen LogP contribution in [-0.4, -0.2) is 47.8 Å². The van der Waals surface area contributed by atoms with Crippen LogP contribution in [0.4, 0.5) is 33.5 Å². The number of ether oxygens (including phenoxy) is 4. The third-order valence-corrected chi connectivity index (χ3v) is 4.59. The molecule has 1 aliphatic heterocycles. The molecule has 0 saturated carbocycles. The summed E-state index contributed by atoms with van der Waals surface area (Å²) in [5.41, 5.74) is -1.38. The van der Waals surface area contributed by atoms with Crippen molar-refractivity contribution in [3.63, 3.8) is 0 Å². The minimum Gasteiger partial charge on any atom is -0.493 e. The van der Waals surface area contributed by atoms with Gasteiger partial charge in [-0.15, -0.1) is 0 Å². The molecule has 3 N–H and O–H groups in total. The fourth-order valence-corrected chi connectivity index (χ4v) is 2.89. The minimum atomic E-state index is -1.27. The maximum Gasteiger partial charge on any atom is 0.269 e. The minimum absolute atomic E-state index is 0.0177. The average molecular weight is 474 g/mol. The van der Waals surface area contributed by atoms with Gasteiger partial charge in [-0.25, -0.2) is 14.4 Å². The van der Waals surface area contributed by atoms with Gasteiger partial charge in [0.1, 0.15) is 5.82 Å². The average Bonchev–Trinajstić information content (AvgIpc) is 2.87. The van der Waals surface area contributed by atoms with Gasteiger partial charge in [0.2, 0.25) is 11.7 Å². The molecule has 0 unspecified atom stereocenters. The lowest BCUT2D eigenvalue weighted by atomic mass is 10.1. The predicted molar refractivity (Wildman–Crippen MR) is 122 cm³/mol. The monoisotopic (exact) mass is 474 g/mol. The number of carbonyl (C=O) groups is 1. The van der Waals surface area contributed by atoms with E-state index in [9.17, 15) is 9.18 Å². The number of hydrogen-bond acceptors (Lipinski definition) is 10. The summed E-state index contributed by atoms with van der Waals surface area (Å²) in [5.74, 6) is -2.57. The molecule has 3 heterocycles. The Morgan fingerprint density at radius 1 is 1.09 bits per heavy atom. The first-order chi connectivity index (χ1) is 17.9. The molecule has 178 valence electrons. The van der Waals surface area contributed by atoms with Crippen LogP contribution >= 0.6 is 0 Å². The zero-order chi connectivity index (χ0) is 27.9. The van der Waals surface area contributed by atoms with Gasteiger partial charge < -0.3 is 34.9 Å². The molecule has 0 fully saturated rings. The van der Waals surface area contributed by atoms with Crippen LogP contribution in [0.2, 0.25) is 0 Å². The molecule has 0 bridgehead atoms. The Hall–Kier alpha value is -4.35. The normalized spacial score (nSPS) is 15.4. The first-order valence-electron chi connectivity index (χ1n) is 11.8. The van der Waals surface area contributed by atoms with Crippen LogP contribution in [0, 0.1) is 5.82 Å². The van der Waals surface area contributed by atoms with E-state index in [0.717, 1.165) is 6.20 Å². The second kappa shape index (κ2) is 8.89. The highest BCUT2D eigenvalue weighted by molar-refractivity contribution is 5.99. The number of hydrogen-bond donors (Lipinski definition) is 3. The number of anilines is 5. The van der Waals surface area contributed by atoms with E-state index in [-0.39, 0.29) is 64.4 Å². The molecule has 11 nitrogen and oxygen atoms in total. The third kappa shape index (κ3) is 4.42. The molecule has 1 amide bonds. The highest BCUT2D eigenvalue weighted by atomic mass is 19.1. The van der Waals surface area contributed by atoms with Crippen LogP contribution < -0.4 is 34.9 Å². The Kier molecular flexibility index (Phi) is 4.74. The van der Waals surface area contributed by atoms with E-state index in [1.807, 2.05) is 0 Å². The number of methoxy groups -OCH3 is 3. The van der Waals surface area contributed by atoms with Crippen molar-refractivity contribution in [3.05, 3.63) is 36.2 Å². The number of aromatic nitrogens is 3. The second-order valence-electron chi connectivity index (χ2n) is 7.32. The Labute approximate surface area is 200 Å². The van der Waals surface area contributed by atoms with Crippen LogP contribution in [-0.2, 0) is 4.79 Å². The van der Waals surface area contributed by atoms with E-state index >= 15 is 0 Å². The molecule has 12 heteroatoms. The molecule has 0 saturated heterocycles. The first kappa shape index (κ1) is 18.1. The van der Waals surface area contributed by atoms with Gasteiger partial charge >= 0.3 is 0 Å². The lowest BCUT2D eigenvalue weighted by molar-refractivity contribution is -0.129. The van der Waals surface area contributed by atoms with Gasteiger partial charge in [-0.05, 0) is 25.9 Å². The summed E-state index contributed by atoms with van der Waals surface area (Å²) in [6.07, 6.45) is 0.819. The van der Waals surface area contributed by atoms with Gasteiger partial charge in [-0.2, -0.15) is 4.98 Å². The smallest absolute Gasteiger partial charge is 0.269 e. The van der Waals surface area contributed by atoms with Crippen LogP contribution in [0.1, 0.15) is 19.3 Å². The fourth-order valence-electron chi connectivity index (χ4n) is 2.89. The third-order valence-electron chi connectivity index (χ3n) is 4.59. The highest BCUT2D eigenvalue weighted by Crippen LogP contribution is 2.40. The number of amides is 1. The van der Waals surface area contributed by atoms with Gasteiger partial charge in [0.15, 0.2) is 40.3 Å². The Morgan fingerprint density at radius 3 is 2.44 bits per heavy atom. The van der Waals surface area contributed by atoms with E-state index < -0.39 is 29.2 Å². The first-order valence-corrected chi connectivity index (χ1v) is 9.80. The lowest BCUT2D eigenvalue weighted by Crippen LogP contribution is -2.46. The number of pyridine rings is 1. The van der Waals surface area contributed by atoms with Crippen LogP contribution in [0.5, 0.6) is 23.0 Å². The Morgan fingerprint density at radius 2 is 1.79 bits per heavy atom. The molecule has 0 spiro atoms. The van der Waals surface area contributed by atoms with Crippen molar-refractivity contribution in [1.82, 2.24) is 15.0 Å². The quantitative estimate of drug-likeness (QED) is 0.467. The number of nitrogens with one attached hydrogen (secondary N) is 3. The van der Waals surface area contributed by atoms with Gasteiger partial charge in [0, 0.05) is 17.8 Å². The van der Waals surface area contributed by atoms with E-state index in [1.54, 1.807) is 0 Å². The zero-order valence-corrected chi connectivity index (χ0v) is 18.8. The SMILES string of the molecule is [2H]c1c(Nc2nc(Nc3c([2H])c(OC)c(OC)c(OC)c3[2H])ncc2F)nc2c(c1[2H])OC(C)(C)C(=O)N2. The summed E-state index contributed by atoms with van der Waals surface area (Å²) in [7, 11) is 3.97. The molecule has 4 rings (SSSR count). The van der Waals surface area contributed by atoms with E-state index in [0.29, 0.717) is 0 Å². The Balaban J connectivity index is 1.72. The summed E-state index contributed by atoms with van der Waals surface area (Å²) >= 11 is 0. The molecule has 0 radical (unpaired) electrons. The van der Waals surface area contributed by atoms with Crippen LogP contribution in [0.3, 0.4) is 0 Å². The van der Waals surface area contributed by atoms with Gasteiger partial charge in [0.25, 0.3) is 5.91 Å². The van der Waals surface area contributed by atoms with E-state index in [2.05, 4.69) is 30.9 Å². The predicted octanol–water partition coefficient (Wildman–Crippen LogP) is 3.63. The van der Waals surface area contributed by atoms with Crippen LogP contribution in [0.15, 0.2) is 30.4 Å². The molecule has 34 heavy (non-hydrogen) atoms. The van der Waals surface area contributed by atoms with Crippen molar-refractivity contribution in [3.8, 4) is 23.0 Å². The number of benzene rings is 1. The lowest BCUT2D eigenvalue weighted by Gasteiger charge is -2.30. The van der Waals surface area contributed by atoms with E-state index in [4.69, 9.17) is 24.4 Å². The molecule has 1 aromatic carbocycles. The zero-order valence-electron chi connectivity index (χ0n) is 22.8. The molecular formula is C22H23FN6O5. The molecule has 1 aliphatic rings. The van der Waals surface area contributed by atoms with Crippen molar-refractivity contribution in [2.45, 2.75) is 19.4 Å². The van der Waals surface area contributed by atoms with Crippen molar-refractivity contribution >= 4 is 35.0 Å². The van der Waals surface area contributed by atoms with Crippen LogP contribution in [0.25, 0.3) is 0 Å². The number of fused-ring (bicyclic) bond motifs is 1. The summed E-state index contributed by atoms with van der Waals surface area (Å²) in [6, 6.07) is -1.34. The maximum atomic E-state index is 14.6. The number of halogens is 1. The van der Waals surface area contributed by atoms with Gasteiger partial charge in [-0.1, -0.05) is 0 Å². The number of nitrogens with zero attached hydrogens (tertiary/aromatic N) is 3. The maximum absolute atomic E-state index is 14.6. The standard InChI is InChI=1S/C22H23FN6O5/c1-22(2)20(30)28-19-13(34-22)6-7-16(27-19)26-18-12(23)10-24-21(29-18)25-11-8-14(31-3)17(33-5)15(9-11)32-4/h6-10H,1-5H3,(H3,24,25,26,27,28,29,30)/i6D,7D,8D,9D. The molecule has 0 aliphatic carbocycles. The summed E-state index contributed by atoms with van der Waals surface area (Å²) in [6.45, 7) is 3.01. The molecule has 0 atom stereocenters. The fraction of sp³-hybridized carbons (Fsp3) is 0.273. The summed E-state index contributed by atoms with van der Waals surface area (Å²) in [4.78, 5) is 24.2. The van der Waals surface area contributed by atoms with Crippen molar-refractivity contribution < 1.29 is 33.6 Å². The number of rotatable bonds is 7. The van der Waals surface area contributed by atoms with Gasteiger partial charge in [0.05, 0.1) is 33.0 Å². The van der Waals surface area contributed by atoms with Gasteiger partial charge in [-0.3, -0.25) is 4.79 Å². The second-order valence-corrected chi connectivity index (χ2v) is 7.32. The highest BCUT2D eigenvalue weighted by Gasteiger charge is 2.36. The largest absolute Gasteiger partial charge is 0.493 e. The summed E-state index contributed by atoms with van der Waals surface area (Å²) < 4.78 is 69.3. The molecule has 2 aromatic heterocycles. The number of carbonyl (C=O) groups excluding carboxylic acids is 1.